The number of carbonyl (C=O) groups excluding carboxylic acids is 3. The summed E-state index contributed by atoms with van der Waals surface area (Å²) in [5.41, 5.74) is 4.34. The van der Waals surface area contributed by atoms with E-state index in [9.17, 15) is 19.6 Å². The Hall–Kier alpha value is -4.35. The first-order chi connectivity index (χ1) is 17.4. The van der Waals surface area contributed by atoms with Gasteiger partial charge in [0.25, 0.3) is 11.1 Å². The molecular formula is C28H23N3O4S. The average Bonchev–Trinajstić information content (AvgIpc) is 3.13. The standard InChI is InChI=1S/C28H23N3O4S/c1-18-8-7-9-19(2)26(18)30-25(32)16-31-27(33)24(36-28(31)34)14-20-10-5-6-13-23(20)35-17-22-12-4-3-11-21(22)15-29/h3-14H,16-17H2,1-2H3,(H,30,32)/b24-14+. The molecule has 0 unspecified atom stereocenters. The normalized spacial score (nSPS) is 14.1. The smallest absolute Gasteiger partial charge is 0.294 e. The minimum atomic E-state index is -0.536. The van der Waals surface area contributed by atoms with Gasteiger partial charge >= 0.3 is 0 Å². The molecule has 8 heteroatoms. The highest BCUT2D eigenvalue weighted by Crippen LogP contribution is 2.34. The first kappa shape index (κ1) is 24.8. The number of para-hydroxylation sites is 2. The molecule has 1 heterocycles. The second kappa shape index (κ2) is 10.9. The maximum atomic E-state index is 13.0. The maximum absolute atomic E-state index is 13.0. The van der Waals surface area contributed by atoms with Crippen LogP contribution in [0.15, 0.2) is 71.6 Å². The molecule has 0 radical (unpaired) electrons. The topological polar surface area (TPSA) is 99.5 Å². The first-order valence-corrected chi connectivity index (χ1v) is 12.0. The predicted molar refractivity (Wildman–Crippen MR) is 139 cm³/mol. The van der Waals surface area contributed by atoms with Crippen molar-refractivity contribution in [2.75, 3.05) is 11.9 Å². The molecule has 0 aliphatic carbocycles. The minimum Gasteiger partial charge on any atom is -0.488 e. The number of aryl methyl sites for hydroxylation is 2. The van der Waals surface area contributed by atoms with Crippen LogP contribution >= 0.6 is 11.8 Å². The van der Waals surface area contributed by atoms with Gasteiger partial charge < -0.3 is 10.1 Å². The van der Waals surface area contributed by atoms with Crippen molar-refractivity contribution in [2.45, 2.75) is 20.5 Å². The van der Waals surface area contributed by atoms with Gasteiger partial charge in [-0.2, -0.15) is 5.26 Å². The number of hydrogen-bond donors (Lipinski definition) is 1. The van der Waals surface area contributed by atoms with Gasteiger partial charge in [-0.3, -0.25) is 19.3 Å². The van der Waals surface area contributed by atoms with E-state index in [-0.39, 0.29) is 18.1 Å². The van der Waals surface area contributed by atoms with Gasteiger partial charge in [-0.1, -0.05) is 54.6 Å². The Bertz CT molecular complexity index is 1400. The molecule has 0 aromatic heterocycles. The fourth-order valence-corrected chi connectivity index (χ4v) is 4.58. The van der Waals surface area contributed by atoms with Gasteiger partial charge in [0.15, 0.2) is 0 Å². The molecule has 0 spiro atoms. The summed E-state index contributed by atoms with van der Waals surface area (Å²) < 4.78 is 5.94. The van der Waals surface area contributed by atoms with Crippen molar-refractivity contribution in [3.63, 3.8) is 0 Å². The fraction of sp³-hybridized carbons (Fsp3) is 0.143. The van der Waals surface area contributed by atoms with Crippen molar-refractivity contribution < 1.29 is 19.1 Å². The van der Waals surface area contributed by atoms with E-state index in [1.54, 1.807) is 42.5 Å². The number of nitrogens with one attached hydrogen (secondary N) is 1. The molecule has 0 bridgehead atoms. The summed E-state index contributed by atoms with van der Waals surface area (Å²) in [5, 5.41) is 11.6. The maximum Gasteiger partial charge on any atom is 0.294 e. The van der Waals surface area contributed by atoms with Gasteiger partial charge in [0.05, 0.1) is 16.5 Å². The predicted octanol–water partition coefficient (Wildman–Crippen LogP) is 5.43. The van der Waals surface area contributed by atoms with Crippen LogP contribution in [0.1, 0.15) is 27.8 Å². The zero-order valence-electron chi connectivity index (χ0n) is 19.8. The van der Waals surface area contributed by atoms with Crippen molar-refractivity contribution in [3.05, 3.63) is 99.5 Å². The van der Waals surface area contributed by atoms with Gasteiger partial charge in [-0.15, -0.1) is 0 Å². The molecule has 1 aliphatic heterocycles. The zero-order valence-corrected chi connectivity index (χ0v) is 20.6. The molecule has 180 valence electrons. The molecule has 4 rings (SSSR count). The van der Waals surface area contributed by atoms with Crippen molar-refractivity contribution in [1.29, 1.82) is 5.26 Å². The highest BCUT2D eigenvalue weighted by molar-refractivity contribution is 8.18. The third kappa shape index (κ3) is 5.48. The van der Waals surface area contributed by atoms with Crippen LogP contribution in [-0.4, -0.2) is 28.5 Å². The highest BCUT2D eigenvalue weighted by Gasteiger charge is 2.36. The zero-order chi connectivity index (χ0) is 25.7. The summed E-state index contributed by atoms with van der Waals surface area (Å²) in [7, 11) is 0. The highest BCUT2D eigenvalue weighted by atomic mass is 32.2. The van der Waals surface area contributed by atoms with Crippen molar-refractivity contribution >= 4 is 40.6 Å². The molecule has 0 saturated carbocycles. The Balaban J connectivity index is 1.48. The summed E-state index contributed by atoms with van der Waals surface area (Å²) in [4.78, 5) is 39.3. The minimum absolute atomic E-state index is 0.175. The number of carbonyl (C=O) groups is 3. The summed E-state index contributed by atoms with van der Waals surface area (Å²) in [6, 6.07) is 22.1. The van der Waals surface area contributed by atoms with E-state index in [0.29, 0.717) is 22.6 Å². The quantitative estimate of drug-likeness (QED) is 0.437. The summed E-state index contributed by atoms with van der Waals surface area (Å²) >= 11 is 0.780. The molecule has 1 N–H and O–H groups in total. The molecule has 3 aromatic carbocycles. The summed E-state index contributed by atoms with van der Waals surface area (Å²) in [6.07, 6.45) is 1.58. The van der Waals surface area contributed by atoms with Gasteiger partial charge in [-0.05, 0) is 54.9 Å². The van der Waals surface area contributed by atoms with E-state index in [1.807, 2.05) is 44.2 Å². The number of hydrogen-bond acceptors (Lipinski definition) is 6. The van der Waals surface area contributed by atoms with Gasteiger partial charge in [0.2, 0.25) is 5.91 Å². The Morgan fingerprint density at radius 2 is 1.72 bits per heavy atom. The van der Waals surface area contributed by atoms with Crippen LogP contribution in [-0.2, 0) is 16.2 Å². The fourth-order valence-electron chi connectivity index (χ4n) is 3.75. The molecular weight excluding hydrogens is 474 g/mol. The van der Waals surface area contributed by atoms with Gasteiger partial charge in [0, 0.05) is 16.8 Å². The van der Waals surface area contributed by atoms with E-state index < -0.39 is 17.1 Å². The number of imide groups is 1. The van der Waals surface area contributed by atoms with Crippen LogP contribution in [0.25, 0.3) is 6.08 Å². The third-order valence-corrected chi connectivity index (χ3v) is 6.55. The number of benzene rings is 3. The Labute approximate surface area is 213 Å². The van der Waals surface area contributed by atoms with Crippen LogP contribution in [0, 0.1) is 25.2 Å². The van der Waals surface area contributed by atoms with Crippen LogP contribution in [0.3, 0.4) is 0 Å². The average molecular weight is 498 g/mol. The van der Waals surface area contributed by atoms with Crippen molar-refractivity contribution in [2.24, 2.45) is 0 Å². The van der Waals surface area contributed by atoms with Gasteiger partial charge in [-0.25, -0.2) is 0 Å². The van der Waals surface area contributed by atoms with Crippen LogP contribution in [0.4, 0.5) is 10.5 Å². The molecule has 1 fully saturated rings. The number of nitriles is 1. The molecule has 3 aromatic rings. The second-order valence-corrected chi connectivity index (χ2v) is 9.17. The van der Waals surface area contributed by atoms with Crippen LogP contribution < -0.4 is 10.1 Å². The second-order valence-electron chi connectivity index (χ2n) is 8.18. The molecule has 1 saturated heterocycles. The lowest BCUT2D eigenvalue weighted by Crippen LogP contribution is -2.36. The Kier molecular flexibility index (Phi) is 7.52. The van der Waals surface area contributed by atoms with E-state index >= 15 is 0 Å². The largest absolute Gasteiger partial charge is 0.488 e. The molecule has 1 aliphatic rings. The SMILES string of the molecule is Cc1cccc(C)c1NC(=O)CN1C(=O)S/C(=C/c2ccccc2OCc2ccccc2C#N)C1=O. The lowest BCUT2D eigenvalue weighted by Gasteiger charge is -2.15. The summed E-state index contributed by atoms with van der Waals surface area (Å²) in [6.45, 7) is 3.56. The molecule has 36 heavy (non-hydrogen) atoms. The molecule has 3 amide bonds. The number of anilines is 1. The molecule has 0 atom stereocenters. The summed E-state index contributed by atoms with van der Waals surface area (Å²) in [5.74, 6) is -0.480. The van der Waals surface area contributed by atoms with E-state index in [1.165, 1.54) is 0 Å². The van der Waals surface area contributed by atoms with E-state index in [0.717, 1.165) is 33.4 Å². The lowest BCUT2D eigenvalue weighted by atomic mass is 10.1. The number of nitrogens with zero attached hydrogens (tertiary/aromatic N) is 2. The number of amides is 3. The monoisotopic (exact) mass is 497 g/mol. The number of thioether (sulfide) groups is 1. The van der Waals surface area contributed by atoms with Crippen molar-refractivity contribution in [3.8, 4) is 11.8 Å². The lowest BCUT2D eigenvalue weighted by molar-refractivity contribution is -0.127. The van der Waals surface area contributed by atoms with E-state index in [4.69, 9.17) is 4.74 Å². The number of ether oxygens (including phenoxy) is 1. The van der Waals surface area contributed by atoms with Crippen molar-refractivity contribution in [1.82, 2.24) is 4.90 Å². The van der Waals surface area contributed by atoms with Gasteiger partial charge in [0.1, 0.15) is 18.9 Å². The Morgan fingerprint density at radius 1 is 1.03 bits per heavy atom. The number of rotatable bonds is 7. The van der Waals surface area contributed by atoms with Crippen LogP contribution in [0.2, 0.25) is 0 Å². The van der Waals surface area contributed by atoms with Crippen LogP contribution in [0.5, 0.6) is 5.75 Å². The first-order valence-electron chi connectivity index (χ1n) is 11.2. The molecule has 7 nitrogen and oxygen atoms in total. The van der Waals surface area contributed by atoms with E-state index in [2.05, 4.69) is 11.4 Å². The third-order valence-electron chi connectivity index (χ3n) is 5.65. The Morgan fingerprint density at radius 3 is 2.47 bits per heavy atom.